The van der Waals surface area contributed by atoms with E-state index in [1.54, 1.807) is 0 Å². The summed E-state index contributed by atoms with van der Waals surface area (Å²) in [5.41, 5.74) is 5.61. The van der Waals surface area contributed by atoms with E-state index >= 15 is 0 Å². The van der Waals surface area contributed by atoms with E-state index in [4.69, 9.17) is 10.5 Å². The quantitative estimate of drug-likeness (QED) is 0.723. The normalized spacial score (nSPS) is 26.2. The summed E-state index contributed by atoms with van der Waals surface area (Å²) in [6.45, 7) is 1.43. The predicted octanol–water partition coefficient (Wildman–Crippen LogP) is 2.72. The van der Waals surface area contributed by atoms with Crippen LogP contribution in [0.15, 0.2) is 0 Å². The molecule has 2 unspecified atom stereocenters. The maximum absolute atomic E-state index is 11.8. The minimum absolute atomic E-state index is 0.0590. The van der Waals surface area contributed by atoms with Gasteiger partial charge in [-0.1, -0.05) is 6.42 Å². The van der Waals surface area contributed by atoms with E-state index in [-0.39, 0.29) is 13.0 Å². The maximum Gasteiger partial charge on any atom is 0.389 e. The van der Waals surface area contributed by atoms with Gasteiger partial charge in [-0.25, -0.2) is 0 Å². The molecule has 0 radical (unpaired) electrons. The van der Waals surface area contributed by atoms with Gasteiger partial charge in [0.25, 0.3) is 0 Å². The average Bonchev–Trinajstić information content (AvgIpc) is 2.63. The van der Waals surface area contributed by atoms with Gasteiger partial charge in [0.2, 0.25) is 0 Å². The molecule has 2 atom stereocenters. The van der Waals surface area contributed by atoms with Gasteiger partial charge in [0.1, 0.15) is 0 Å². The molecule has 2 nitrogen and oxygen atoms in total. The van der Waals surface area contributed by atoms with Gasteiger partial charge in [0, 0.05) is 19.6 Å². The molecule has 0 heterocycles. The first kappa shape index (κ1) is 13.8. The Morgan fingerprint density at radius 1 is 1.19 bits per heavy atom. The van der Waals surface area contributed by atoms with E-state index < -0.39 is 12.6 Å². The van der Waals surface area contributed by atoms with Gasteiger partial charge >= 0.3 is 6.18 Å². The summed E-state index contributed by atoms with van der Waals surface area (Å²) < 4.78 is 40.8. The van der Waals surface area contributed by atoms with Crippen molar-refractivity contribution in [1.82, 2.24) is 0 Å². The van der Waals surface area contributed by atoms with Crippen molar-refractivity contribution in [2.24, 2.45) is 17.6 Å². The lowest BCUT2D eigenvalue weighted by Gasteiger charge is -2.17. The minimum Gasteiger partial charge on any atom is -0.381 e. The molecular weight excluding hydrogens is 219 g/mol. The third kappa shape index (κ3) is 5.16. The standard InChI is InChI=1S/C11H20F3NO/c12-11(13,14)5-2-6-16-8-10-4-1-3-9(10)7-15/h9-10H,1-8,15H2. The highest BCUT2D eigenvalue weighted by Gasteiger charge is 2.27. The van der Waals surface area contributed by atoms with Gasteiger partial charge in [-0.3, -0.25) is 0 Å². The van der Waals surface area contributed by atoms with Crippen LogP contribution in [0.3, 0.4) is 0 Å². The van der Waals surface area contributed by atoms with Gasteiger partial charge in [-0.05, 0) is 37.6 Å². The summed E-state index contributed by atoms with van der Waals surface area (Å²) in [4.78, 5) is 0. The molecule has 0 aromatic carbocycles. The van der Waals surface area contributed by atoms with Crippen LogP contribution in [0.4, 0.5) is 13.2 Å². The van der Waals surface area contributed by atoms with Crippen LogP contribution < -0.4 is 5.73 Å². The van der Waals surface area contributed by atoms with Crippen LogP contribution in [-0.2, 0) is 4.74 Å². The third-order valence-electron chi connectivity index (χ3n) is 3.20. The highest BCUT2D eigenvalue weighted by Crippen LogP contribution is 2.31. The molecular formula is C11H20F3NO. The predicted molar refractivity (Wildman–Crippen MR) is 56.0 cm³/mol. The van der Waals surface area contributed by atoms with E-state index in [9.17, 15) is 13.2 Å². The van der Waals surface area contributed by atoms with Crippen LogP contribution in [0.5, 0.6) is 0 Å². The maximum atomic E-state index is 11.8. The Hall–Kier alpha value is -0.290. The molecule has 1 saturated carbocycles. The van der Waals surface area contributed by atoms with E-state index in [0.717, 1.165) is 12.8 Å². The summed E-state index contributed by atoms with van der Waals surface area (Å²) >= 11 is 0. The van der Waals surface area contributed by atoms with Crippen LogP contribution in [0.2, 0.25) is 0 Å². The van der Waals surface area contributed by atoms with Crippen molar-refractivity contribution in [3.63, 3.8) is 0 Å². The fourth-order valence-corrected chi connectivity index (χ4v) is 2.25. The topological polar surface area (TPSA) is 35.2 Å². The second-order valence-electron chi connectivity index (χ2n) is 4.48. The van der Waals surface area contributed by atoms with Crippen LogP contribution in [0, 0.1) is 11.8 Å². The molecule has 0 aliphatic heterocycles. The van der Waals surface area contributed by atoms with Gasteiger partial charge in [0.15, 0.2) is 0 Å². The average molecular weight is 239 g/mol. The molecule has 5 heteroatoms. The zero-order chi connectivity index (χ0) is 12.0. The van der Waals surface area contributed by atoms with Crippen LogP contribution in [-0.4, -0.2) is 25.9 Å². The molecule has 0 aromatic rings. The van der Waals surface area contributed by atoms with E-state index in [1.165, 1.54) is 6.42 Å². The number of hydrogen-bond acceptors (Lipinski definition) is 2. The fourth-order valence-electron chi connectivity index (χ4n) is 2.25. The van der Waals surface area contributed by atoms with Crippen molar-refractivity contribution < 1.29 is 17.9 Å². The first-order valence-electron chi connectivity index (χ1n) is 5.87. The number of alkyl halides is 3. The molecule has 96 valence electrons. The first-order chi connectivity index (χ1) is 7.53. The van der Waals surface area contributed by atoms with Gasteiger partial charge < -0.3 is 10.5 Å². The largest absolute Gasteiger partial charge is 0.389 e. The van der Waals surface area contributed by atoms with Gasteiger partial charge in [-0.2, -0.15) is 13.2 Å². The molecule has 16 heavy (non-hydrogen) atoms. The van der Waals surface area contributed by atoms with Crippen molar-refractivity contribution in [3.8, 4) is 0 Å². The Morgan fingerprint density at radius 3 is 2.50 bits per heavy atom. The number of nitrogens with two attached hydrogens (primary N) is 1. The lowest BCUT2D eigenvalue weighted by atomic mass is 9.97. The fraction of sp³-hybridized carbons (Fsp3) is 1.00. The molecule has 0 amide bonds. The summed E-state index contributed by atoms with van der Waals surface area (Å²) in [6, 6.07) is 0. The molecule has 0 spiro atoms. The molecule has 0 bridgehead atoms. The summed E-state index contributed by atoms with van der Waals surface area (Å²) in [6.07, 6.45) is -1.36. The van der Waals surface area contributed by atoms with Gasteiger partial charge in [0.05, 0.1) is 0 Å². The van der Waals surface area contributed by atoms with Crippen molar-refractivity contribution in [1.29, 1.82) is 0 Å². The molecule has 1 fully saturated rings. The van der Waals surface area contributed by atoms with Crippen LogP contribution >= 0.6 is 0 Å². The smallest absolute Gasteiger partial charge is 0.381 e. The molecule has 2 N–H and O–H groups in total. The zero-order valence-electron chi connectivity index (χ0n) is 9.43. The van der Waals surface area contributed by atoms with E-state index in [2.05, 4.69) is 0 Å². The number of rotatable bonds is 6. The number of ether oxygens (including phenoxy) is 1. The second-order valence-corrected chi connectivity index (χ2v) is 4.48. The van der Waals surface area contributed by atoms with Crippen molar-refractivity contribution in [2.75, 3.05) is 19.8 Å². The van der Waals surface area contributed by atoms with Crippen molar-refractivity contribution >= 4 is 0 Å². The second kappa shape index (κ2) is 6.45. The Kier molecular flexibility index (Phi) is 5.55. The number of halogens is 3. The Labute approximate surface area is 94.3 Å². The van der Waals surface area contributed by atoms with Crippen LogP contribution in [0.1, 0.15) is 32.1 Å². The Bertz CT molecular complexity index is 196. The summed E-state index contributed by atoms with van der Waals surface area (Å²) in [5.74, 6) is 0.957. The summed E-state index contributed by atoms with van der Waals surface area (Å²) in [5, 5.41) is 0. The first-order valence-corrected chi connectivity index (χ1v) is 5.87. The molecule has 1 aliphatic carbocycles. The minimum atomic E-state index is -4.06. The lowest BCUT2D eigenvalue weighted by Crippen LogP contribution is -2.22. The summed E-state index contributed by atoms with van der Waals surface area (Å²) in [7, 11) is 0. The molecule has 0 saturated heterocycles. The monoisotopic (exact) mass is 239 g/mol. The Morgan fingerprint density at radius 2 is 1.88 bits per heavy atom. The van der Waals surface area contributed by atoms with Crippen molar-refractivity contribution in [3.05, 3.63) is 0 Å². The SMILES string of the molecule is NCC1CCCC1COCCCC(F)(F)F. The number of hydrogen-bond donors (Lipinski definition) is 1. The van der Waals surface area contributed by atoms with Gasteiger partial charge in [-0.15, -0.1) is 0 Å². The molecule has 1 aliphatic rings. The van der Waals surface area contributed by atoms with E-state index in [0.29, 0.717) is 25.0 Å². The lowest BCUT2D eigenvalue weighted by molar-refractivity contribution is -0.138. The highest BCUT2D eigenvalue weighted by atomic mass is 19.4. The Balaban J connectivity index is 2.03. The molecule has 1 rings (SSSR count). The molecule has 0 aromatic heterocycles. The van der Waals surface area contributed by atoms with Crippen LogP contribution in [0.25, 0.3) is 0 Å². The third-order valence-corrected chi connectivity index (χ3v) is 3.20. The van der Waals surface area contributed by atoms with Crippen molar-refractivity contribution in [2.45, 2.75) is 38.3 Å². The van der Waals surface area contributed by atoms with E-state index in [1.807, 2.05) is 0 Å². The highest BCUT2D eigenvalue weighted by molar-refractivity contribution is 4.77. The zero-order valence-corrected chi connectivity index (χ0v) is 9.43.